The average molecular weight is 1510 g/mol. The lowest BCUT2D eigenvalue weighted by Crippen LogP contribution is -2.30. The van der Waals surface area contributed by atoms with Crippen LogP contribution in [0.15, 0.2) is 0 Å². The van der Waals surface area contributed by atoms with Crippen molar-refractivity contribution in [3.05, 3.63) is 0 Å². The largest absolute Gasteiger partial charge is 0.472 e. The van der Waals surface area contributed by atoms with E-state index >= 15 is 0 Å². The van der Waals surface area contributed by atoms with Gasteiger partial charge in [0.05, 0.1) is 26.4 Å². The van der Waals surface area contributed by atoms with Crippen molar-refractivity contribution in [2.45, 2.75) is 470 Å². The molecule has 17 nitrogen and oxygen atoms in total. The topological polar surface area (TPSA) is 237 Å². The molecular formula is C84H164O17P2. The molecule has 5 atom stereocenters. The smallest absolute Gasteiger partial charge is 0.462 e. The number of unbranched alkanes of at least 4 members (excludes halogenated alkanes) is 56. The zero-order chi connectivity index (χ0) is 75.5. The van der Waals surface area contributed by atoms with Gasteiger partial charge in [0, 0.05) is 25.7 Å². The molecule has 0 aromatic rings. The quantitative estimate of drug-likeness (QED) is 0.0222. The van der Waals surface area contributed by atoms with E-state index in [-0.39, 0.29) is 25.7 Å². The molecule has 0 saturated heterocycles. The van der Waals surface area contributed by atoms with Crippen molar-refractivity contribution in [3.63, 3.8) is 0 Å². The third kappa shape index (κ3) is 78.0. The Labute approximate surface area is 632 Å². The monoisotopic (exact) mass is 1510 g/mol. The summed E-state index contributed by atoms with van der Waals surface area (Å²) in [5.41, 5.74) is 0. The van der Waals surface area contributed by atoms with Gasteiger partial charge < -0.3 is 33.8 Å². The predicted octanol–water partition coefficient (Wildman–Crippen LogP) is 25.6. The molecule has 3 N–H and O–H groups in total. The zero-order valence-electron chi connectivity index (χ0n) is 67.5. The Morgan fingerprint density at radius 3 is 0.660 bits per heavy atom. The lowest BCUT2D eigenvalue weighted by atomic mass is 10.0. The summed E-state index contributed by atoms with van der Waals surface area (Å²) >= 11 is 0. The van der Waals surface area contributed by atoms with Crippen LogP contribution in [0.3, 0.4) is 0 Å². The van der Waals surface area contributed by atoms with Gasteiger partial charge >= 0.3 is 39.5 Å². The highest BCUT2D eigenvalue weighted by Gasteiger charge is 2.30. The first kappa shape index (κ1) is 101. The summed E-state index contributed by atoms with van der Waals surface area (Å²) in [4.78, 5) is 73.2. The molecule has 612 valence electrons. The number of phosphoric acid groups is 2. The van der Waals surface area contributed by atoms with Crippen molar-refractivity contribution >= 4 is 39.5 Å². The van der Waals surface area contributed by atoms with Crippen LogP contribution >= 0.6 is 15.6 Å². The Bertz CT molecular complexity index is 1960. The summed E-state index contributed by atoms with van der Waals surface area (Å²) < 4.78 is 68.8. The van der Waals surface area contributed by atoms with E-state index in [1.54, 1.807) is 0 Å². The van der Waals surface area contributed by atoms with Gasteiger partial charge in [-0.25, -0.2) is 9.13 Å². The van der Waals surface area contributed by atoms with Crippen LogP contribution < -0.4 is 0 Å². The Hall–Kier alpha value is -1.94. The van der Waals surface area contributed by atoms with Gasteiger partial charge in [0.2, 0.25) is 0 Å². The molecule has 0 amide bonds. The second-order valence-electron chi connectivity index (χ2n) is 30.7. The molecule has 0 aliphatic heterocycles. The van der Waals surface area contributed by atoms with E-state index in [0.717, 1.165) is 95.8 Å². The van der Waals surface area contributed by atoms with E-state index in [9.17, 15) is 43.2 Å². The molecule has 0 bridgehead atoms. The van der Waals surface area contributed by atoms with E-state index in [1.807, 2.05) is 0 Å². The number of ether oxygens (including phenoxy) is 4. The Morgan fingerprint density at radius 1 is 0.262 bits per heavy atom. The molecule has 0 aliphatic rings. The van der Waals surface area contributed by atoms with Crippen LogP contribution in [-0.4, -0.2) is 96.7 Å². The molecule has 0 aromatic carbocycles. The van der Waals surface area contributed by atoms with Crippen LogP contribution in [0.1, 0.15) is 452 Å². The number of hydrogen-bond donors (Lipinski definition) is 3. The van der Waals surface area contributed by atoms with Crippen LogP contribution in [0, 0.1) is 5.92 Å². The summed E-state index contributed by atoms with van der Waals surface area (Å²) in [6.45, 7) is 7.39. The lowest BCUT2D eigenvalue weighted by Gasteiger charge is -2.21. The van der Waals surface area contributed by atoms with E-state index in [1.165, 1.54) is 276 Å². The molecule has 0 fully saturated rings. The molecule has 0 aliphatic carbocycles. The number of carbonyl (C=O) groups is 4. The maximum Gasteiger partial charge on any atom is 0.472 e. The van der Waals surface area contributed by atoms with E-state index < -0.39 is 97.5 Å². The van der Waals surface area contributed by atoms with E-state index in [4.69, 9.17) is 37.0 Å². The lowest BCUT2D eigenvalue weighted by molar-refractivity contribution is -0.161. The molecule has 0 saturated carbocycles. The second kappa shape index (κ2) is 76.8. The number of hydrogen-bond acceptors (Lipinski definition) is 15. The molecular weight excluding hydrogens is 1340 g/mol. The van der Waals surface area contributed by atoms with Crippen molar-refractivity contribution < 1.29 is 80.2 Å². The number of esters is 4. The van der Waals surface area contributed by atoms with E-state index in [0.29, 0.717) is 25.7 Å². The minimum Gasteiger partial charge on any atom is -0.462 e. The molecule has 0 aromatic heterocycles. The maximum atomic E-state index is 13.1. The Balaban J connectivity index is 5.24. The Morgan fingerprint density at radius 2 is 0.447 bits per heavy atom. The fourth-order valence-corrected chi connectivity index (χ4v) is 14.7. The summed E-state index contributed by atoms with van der Waals surface area (Å²) in [6.07, 6.45) is 69.3. The van der Waals surface area contributed by atoms with Crippen molar-refractivity contribution in [2.75, 3.05) is 39.6 Å². The number of aliphatic hydroxyl groups excluding tert-OH is 1. The van der Waals surface area contributed by atoms with Crippen molar-refractivity contribution in [1.29, 1.82) is 0 Å². The van der Waals surface area contributed by atoms with Crippen LogP contribution in [0.25, 0.3) is 0 Å². The first-order valence-electron chi connectivity index (χ1n) is 43.6. The highest BCUT2D eigenvalue weighted by Crippen LogP contribution is 2.45. The third-order valence-electron chi connectivity index (χ3n) is 19.8. The number of rotatable bonds is 84. The van der Waals surface area contributed by atoms with Crippen LogP contribution in [-0.2, 0) is 65.4 Å². The summed E-state index contributed by atoms with van der Waals surface area (Å²) in [7, 11) is -9.92. The summed E-state index contributed by atoms with van der Waals surface area (Å²) in [6, 6.07) is 0. The van der Waals surface area contributed by atoms with E-state index in [2.05, 4.69) is 34.6 Å². The molecule has 0 rings (SSSR count). The minimum atomic E-state index is -4.96. The first-order valence-corrected chi connectivity index (χ1v) is 46.6. The van der Waals surface area contributed by atoms with Gasteiger partial charge in [-0.05, 0) is 31.6 Å². The van der Waals surface area contributed by atoms with Gasteiger partial charge in [0.15, 0.2) is 12.2 Å². The third-order valence-corrected chi connectivity index (χ3v) is 21.7. The van der Waals surface area contributed by atoms with Crippen LogP contribution in [0.5, 0.6) is 0 Å². The molecule has 0 radical (unpaired) electrons. The molecule has 19 heteroatoms. The molecule has 2 unspecified atom stereocenters. The highest BCUT2D eigenvalue weighted by atomic mass is 31.2. The van der Waals surface area contributed by atoms with Gasteiger partial charge in [-0.1, -0.05) is 401 Å². The van der Waals surface area contributed by atoms with Gasteiger partial charge in [-0.15, -0.1) is 0 Å². The molecule has 103 heavy (non-hydrogen) atoms. The van der Waals surface area contributed by atoms with Gasteiger partial charge in [-0.2, -0.15) is 0 Å². The number of phosphoric ester groups is 2. The Kier molecular flexibility index (Phi) is 75.4. The molecule has 0 heterocycles. The fraction of sp³-hybridized carbons (Fsp3) is 0.952. The van der Waals surface area contributed by atoms with Crippen LogP contribution in [0.4, 0.5) is 0 Å². The average Bonchev–Trinajstić information content (AvgIpc) is 1.60. The van der Waals surface area contributed by atoms with Crippen molar-refractivity contribution in [3.8, 4) is 0 Å². The standard InChI is InChI=1S/C84H164O17P2/c1-6-9-12-15-18-21-24-26-28-29-30-35-38-43-48-53-58-63-68-82(87)95-74-80(101-84(89)70-65-60-55-50-45-40-36-32-31-34-37-42-46-51-56-61-66-77(4)5)76-99-103(92,93)97-72-78(85)71-96-102(90,91)98-75-79(73-94-81(86)67-62-57-52-47-41-23-20-17-14-11-8-3)100-83(88)69-64-59-54-49-44-39-33-27-25-22-19-16-13-10-7-2/h77-80,85H,6-76H2,1-5H3,(H,90,91)(H,92,93)/t78-,79+,80+/m0/s1. The minimum absolute atomic E-state index is 0.109. The number of aliphatic hydroxyl groups is 1. The van der Waals surface area contributed by atoms with Gasteiger partial charge in [-0.3, -0.25) is 37.3 Å². The van der Waals surface area contributed by atoms with Gasteiger partial charge in [0.1, 0.15) is 19.3 Å². The van der Waals surface area contributed by atoms with Gasteiger partial charge in [0.25, 0.3) is 0 Å². The van der Waals surface area contributed by atoms with Crippen molar-refractivity contribution in [1.82, 2.24) is 0 Å². The number of carbonyl (C=O) groups excluding carboxylic acids is 4. The summed E-state index contributed by atoms with van der Waals surface area (Å²) in [5, 5.41) is 10.7. The first-order chi connectivity index (χ1) is 50.0. The van der Waals surface area contributed by atoms with Crippen molar-refractivity contribution in [2.24, 2.45) is 5.92 Å². The maximum absolute atomic E-state index is 13.1. The normalized spacial score (nSPS) is 13.8. The highest BCUT2D eigenvalue weighted by molar-refractivity contribution is 7.47. The fourth-order valence-electron chi connectivity index (χ4n) is 13.1. The summed E-state index contributed by atoms with van der Waals surface area (Å²) in [5.74, 6) is -1.29. The second-order valence-corrected chi connectivity index (χ2v) is 33.6. The zero-order valence-corrected chi connectivity index (χ0v) is 69.3. The predicted molar refractivity (Wildman–Crippen MR) is 423 cm³/mol. The molecule has 0 spiro atoms. The van der Waals surface area contributed by atoms with Crippen LogP contribution in [0.2, 0.25) is 0 Å². The SMILES string of the molecule is CCCCCCCCCCCCCCCCCCCCC(=O)OC[C@H](COP(=O)(O)OC[C@@H](O)COP(=O)(O)OC[C@@H](COC(=O)CCCCCCCCCCCCC)OC(=O)CCCCCCCCCCCCCCCCC)OC(=O)CCCCCCCCCCCCCCCCCCC(C)C.